The van der Waals surface area contributed by atoms with Crippen molar-refractivity contribution in [3.05, 3.63) is 26.6 Å². The lowest BCUT2D eigenvalue weighted by Gasteiger charge is -2.05. The van der Waals surface area contributed by atoms with Crippen molar-refractivity contribution in [3.8, 4) is 0 Å². The number of thiazole rings is 1. The van der Waals surface area contributed by atoms with E-state index in [2.05, 4.69) is 25.8 Å². The Morgan fingerprint density at radius 3 is 3.06 bits per heavy atom. The Labute approximate surface area is 108 Å². The van der Waals surface area contributed by atoms with Gasteiger partial charge in [0, 0.05) is 11.1 Å². The average molecular weight is 269 g/mol. The van der Waals surface area contributed by atoms with Crippen LogP contribution in [0.4, 0.5) is 6.01 Å². The Morgan fingerprint density at radius 2 is 2.39 bits per heavy atom. The van der Waals surface area contributed by atoms with Crippen molar-refractivity contribution in [1.82, 2.24) is 20.5 Å². The van der Waals surface area contributed by atoms with Crippen molar-refractivity contribution >= 4 is 17.4 Å². The van der Waals surface area contributed by atoms with Gasteiger partial charge in [-0.1, -0.05) is 23.4 Å². The number of anilines is 1. The Bertz CT molecular complexity index is 546. The number of nitrogens with zero attached hydrogens (tertiary/aromatic N) is 2. The van der Waals surface area contributed by atoms with E-state index in [1.807, 2.05) is 13.8 Å². The summed E-state index contributed by atoms with van der Waals surface area (Å²) in [6.07, 6.45) is 0. The van der Waals surface area contributed by atoms with Gasteiger partial charge in [-0.2, -0.15) is 0 Å². The zero-order chi connectivity index (χ0) is 13.0. The molecule has 0 saturated heterocycles. The van der Waals surface area contributed by atoms with Crippen LogP contribution in [0.2, 0.25) is 0 Å². The molecule has 2 rings (SSSR count). The van der Waals surface area contributed by atoms with E-state index < -0.39 is 0 Å². The fourth-order valence-electron chi connectivity index (χ4n) is 1.45. The van der Waals surface area contributed by atoms with Crippen molar-refractivity contribution < 1.29 is 4.42 Å². The Hall–Kier alpha value is -1.67. The zero-order valence-electron chi connectivity index (χ0n) is 10.2. The maximum absolute atomic E-state index is 10.9. The smallest absolute Gasteiger partial charge is 0.315 e. The van der Waals surface area contributed by atoms with Crippen LogP contribution in [0.5, 0.6) is 0 Å². The lowest BCUT2D eigenvalue weighted by atomic mass is 10.3. The summed E-state index contributed by atoms with van der Waals surface area (Å²) in [5.41, 5.74) is 0.796. The van der Waals surface area contributed by atoms with Crippen LogP contribution in [0.3, 0.4) is 0 Å². The predicted molar refractivity (Wildman–Crippen MR) is 68.7 cm³/mol. The summed E-state index contributed by atoms with van der Waals surface area (Å²) >= 11 is 1.13. The van der Waals surface area contributed by atoms with Crippen molar-refractivity contribution in [2.24, 2.45) is 0 Å². The van der Waals surface area contributed by atoms with Crippen LogP contribution in [0.25, 0.3) is 0 Å². The van der Waals surface area contributed by atoms with Gasteiger partial charge in [0.25, 0.3) is 0 Å². The van der Waals surface area contributed by atoms with Crippen LogP contribution in [-0.4, -0.2) is 21.7 Å². The van der Waals surface area contributed by atoms with Gasteiger partial charge in [0.15, 0.2) is 0 Å². The van der Waals surface area contributed by atoms with Crippen LogP contribution in [-0.2, 0) is 6.54 Å². The highest BCUT2D eigenvalue weighted by molar-refractivity contribution is 7.07. The van der Waals surface area contributed by atoms with Crippen LogP contribution < -0.4 is 15.5 Å². The first-order valence-corrected chi connectivity index (χ1v) is 6.54. The van der Waals surface area contributed by atoms with Gasteiger partial charge in [0.2, 0.25) is 5.89 Å². The lowest BCUT2D eigenvalue weighted by molar-refractivity contribution is 0.428. The van der Waals surface area contributed by atoms with Gasteiger partial charge in [-0.15, -0.1) is 5.10 Å². The fourth-order valence-corrected chi connectivity index (χ4v) is 2.03. The van der Waals surface area contributed by atoms with Crippen LogP contribution in [0.15, 0.2) is 14.6 Å². The van der Waals surface area contributed by atoms with Gasteiger partial charge >= 0.3 is 10.9 Å². The minimum Gasteiger partial charge on any atom is -0.406 e. The van der Waals surface area contributed by atoms with Crippen molar-refractivity contribution in [3.63, 3.8) is 0 Å². The summed E-state index contributed by atoms with van der Waals surface area (Å²) in [7, 11) is 0. The van der Waals surface area contributed by atoms with E-state index in [-0.39, 0.29) is 10.9 Å². The standard InChI is InChI=1S/C10H15N5O2S/c1-3-11-6(2)8-14-15-9(17-8)12-4-7-5-18-10(16)13-7/h5-6,11H,3-4H2,1-2H3,(H,12,15)(H,13,16). The first-order valence-electron chi connectivity index (χ1n) is 5.66. The molecule has 2 aromatic rings. The molecule has 0 fully saturated rings. The summed E-state index contributed by atoms with van der Waals surface area (Å²) in [5, 5.41) is 15.7. The molecule has 0 bridgehead atoms. The average Bonchev–Trinajstić information content (AvgIpc) is 2.95. The second-order valence-electron chi connectivity index (χ2n) is 3.75. The highest BCUT2D eigenvalue weighted by atomic mass is 32.1. The summed E-state index contributed by atoms with van der Waals surface area (Å²) in [4.78, 5) is 13.6. The molecule has 0 aliphatic heterocycles. The molecule has 3 N–H and O–H groups in total. The molecule has 0 radical (unpaired) electrons. The molecule has 98 valence electrons. The Kier molecular flexibility index (Phi) is 4.11. The van der Waals surface area contributed by atoms with Gasteiger partial charge in [-0.05, 0) is 13.5 Å². The van der Waals surface area contributed by atoms with Gasteiger partial charge in [0.05, 0.1) is 12.6 Å². The summed E-state index contributed by atoms with van der Waals surface area (Å²) < 4.78 is 5.44. The monoisotopic (exact) mass is 269 g/mol. The van der Waals surface area contributed by atoms with E-state index in [4.69, 9.17) is 4.42 Å². The number of aromatic nitrogens is 3. The first-order chi connectivity index (χ1) is 8.69. The summed E-state index contributed by atoms with van der Waals surface area (Å²) in [6, 6.07) is 0.376. The van der Waals surface area contributed by atoms with Gasteiger partial charge < -0.3 is 20.0 Å². The molecule has 7 nitrogen and oxygen atoms in total. The van der Waals surface area contributed by atoms with E-state index in [1.165, 1.54) is 0 Å². The maximum atomic E-state index is 10.9. The van der Waals surface area contributed by atoms with Gasteiger partial charge in [-0.25, -0.2) is 0 Å². The topological polar surface area (TPSA) is 95.8 Å². The van der Waals surface area contributed by atoms with Crippen LogP contribution in [0, 0.1) is 0 Å². The van der Waals surface area contributed by atoms with Crippen molar-refractivity contribution in [2.45, 2.75) is 26.4 Å². The molecule has 2 heterocycles. The lowest BCUT2D eigenvalue weighted by Crippen LogP contribution is -2.17. The Balaban J connectivity index is 1.92. The molecule has 0 aliphatic carbocycles. The number of rotatable bonds is 6. The van der Waals surface area contributed by atoms with E-state index in [0.29, 0.717) is 18.5 Å². The minimum absolute atomic E-state index is 0.0269. The maximum Gasteiger partial charge on any atom is 0.315 e. The number of aromatic amines is 1. The molecule has 1 atom stereocenters. The van der Waals surface area contributed by atoms with E-state index in [9.17, 15) is 4.79 Å². The molecule has 8 heteroatoms. The molecule has 0 saturated carbocycles. The normalized spacial score (nSPS) is 12.6. The SMILES string of the molecule is CCNC(C)c1nnc(NCc2csc(=O)[nH]2)o1. The molecule has 0 aromatic carbocycles. The number of hydrogen-bond acceptors (Lipinski definition) is 7. The molecule has 2 aromatic heterocycles. The third kappa shape index (κ3) is 3.17. The molecular formula is C10H15N5O2S. The second-order valence-corrected chi connectivity index (χ2v) is 4.59. The number of H-pyrrole nitrogens is 1. The molecule has 18 heavy (non-hydrogen) atoms. The number of nitrogens with one attached hydrogen (secondary N) is 3. The fraction of sp³-hybridized carbons (Fsp3) is 0.500. The molecular weight excluding hydrogens is 254 g/mol. The highest BCUT2D eigenvalue weighted by Crippen LogP contribution is 2.13. The first kappa shape index (κ1) is 12.8. The third-order valence-corrected chi connectivity index (χ3v) is 3.04. The van der Waals surface area contributed by atoms with Crippen LogP contribution >= 0.6 is 11.3 Å². The predicted octanol–water partition coefficient (Wildman–Crippen LogP) is 1.10. The van der Waals surface area contributed by atoms with Crippen molar-refractivity contribution in [2.75, 3.05) is 11.9 Å². The Morgan fingerprint density at radius 1 is 1.56 bits per heavy atom. The van der Waals surface area contributed by atoms with Gasteiger partial charge in [-0.3, -0.25) is 4.79 Å². The quantitative estimate of drug-likeness (QED) is 0.727. The largest absolute Gasteiger partial charge is 0.406 e. The molecule has 1 unspecified atom stereocenters. The summed E-state index contributed by atoms with van der Waals surface area (Å²) in [5.74, 6) is 0.540. The van der Waals surface area contributed by atoms with Crippen LogP contribution in [0.1, 0.15) is 31.5 Å². The number of hydrogen-bond donors (Lipinski definition) is 3. The summed E-state index contributed by atoms with van der Waals surface area (Å²) in [6.45, 7) is 5.26. The second kappa shape index (κ2) is 5.78. The van der Waals surface area contributed by atoms with Gasteiger partial charge in [0.1, 0.15) is 0 Å². The minimum atomic E-state index is -0.0706. The third-order valence-electron chi connectivity index (χ3n) is 2.32. The van der Waals surface area contributed by atoms with E-state index in [0.717, 1.165) is 23.6 Å². The molecule has 0 amide bonds. The molecule has 0 spiro atoms. The highest BCUT2D eigenvalue weighted by Gasteiger charge is 2.12. The van der Waals surface area contributed by atoms with E-state index >= 15 is 0 Å². The zero-order valence-corrected chi connectivity index (χ0v) is 11.0. The van der Waals surface area contributed by atoms with E-state index in [1.54, 1.807) is 5.38 Å². The molecule has 0 aliphatic rings. The van der Waals surface area contributed by atoms with Crippen molar-refractivity contribution in [1.29, 1.82) is 0 Å².